The van der Waals surface area contributed by atoms with Crippen molar-refractivity contribution in [2.24, 2.45) is 0 Å². The molecule has 0 radical (unpaired) electrons. The highest BCUT2D eigenvalue weighted by Crippen LogP contribution is 2.28. The van der Waals surface area contributed by atoms with Gasteiger partial charge in [0.15, 0.2) is 0 Å². The van der Waals surface area contributed by atoms with Crippen LogP contribution in [0.4, 0.5) is 0 Å². The van der Waals surface area contributed by atoms with Gasteiger partial charge in [0, 0.05) is 24.5 Å². The lowest BCUT2D eigenvalue weighted by molar-refractivity contribution is -0.857. The molecule has 1 N–H and O–H groups in total. The maximum atomic E-state index is 3.64. The molecule has 0 bridgehead atoms. The summed E-state index contributed by atoms with van der Waals surface area (Å²) in [6, 6.07) is 11.2. The molecule has 2 nitrogen and oxygen atoms in total. The molecule has 0 saturated carbocycles. The minimum atomic E-state index is 1.02. The Morgan fingerprint density at radius 1 is 1.09 bits per heavy atom. The van der Waals surface area contributed by atoms with Crippen LogP contribution < -0.4 is 4.90 Å². The summed E-state index contributed by atoms with van der Waals surface area (Å²) in [5, 5.41) is 0. The Morgan fingerprint density at radius 3 is 2.32 bits per heavy atom. The zero-order valence-corrected chi connectivity index (χ0v) is 16.4. The van der Waals surface area contributed by atoms with Crippen LogP contribution in [0.5, 0.6) is 0 Å². The van der Waals surface area contributed by atoms with Crippen molar-refractivity contribution in [1.82, 2.24) is 4.90 Å². The average molecular weight is 382 g/mol. The fraction of sp³-hybridized carbons (Fsp3) is 0.444. The molecule has 0 unspecified atom stereocenters. The smallest absolute Gasteiger partial charge is 0.0896 e. The van der Waals surface area contributed by atoms with Crippen molar-refractivity contribution in [2.75, 3.05) is 27.2 Å². The number of halogens is 1. The molecule has 2 rings (SSSR count). The number of benzene rings is 1. The Labute approximate surface area is 146 Å². The number of aryl methyl sites for hydroxylation is 2. The highest BCUT2D eigenvalue weighted by Gasteiger charge is 2.11. The molecule has 1 heterocycles. The molecule has 2 aromatic rings. The monoisotopic (exact) mass is 381 g/mol. The molecule has 0 aliphatic heterocycles. The van der Waals surface area contributed by atoms with Crippen LogP contribution in [0.15, 0.2) is 34.1 Å². The van der Waals surface area contributed by atoms with Crippen molar-refractivity contribution >= 4 is 27.3 Å². The molecule has 0 spiro atoms. The first-order valence-electron chi connectivity index (χ1n) is 7.76. The molecule has 0 aliphatic rings. The van der Waals surface area contributed by atoms with Gasteiger partial charge < -0.3 is 4.90 Å². The number of likely N-dealkylation sites (N-methyl/N-ethyl adjacent to an activating group) is 1. The Balaban J connectivity index is 2.06. The Bertz CT molecular complexity index is 570. The van der Waals surface area contributed by atoms with E-state index in [0.717, 1.165) is 26.2 Å². The van der Waals surface area contributed by atoms with E-state index in [1.807, 2.05) is 11.3 Å². The lowest BCUT2D eigenvalue weighted by atomic mass is 10.1. The zero-order chi connectivity index (χ0) is 16.1. The summed E-state index contributed by atoms with van der Waals surface area (Å²) in [4.78, 5) is 5.48. The molecule has 0 amide bonds. The van der Waals surface area contributed by atoms with E-state index in [0.29, 0.717) is 0 Å². The van der Waals surface area contributed by atoms with Gasteiger partial charge in [-0.2, -0.15) is 0 Å². The van der Waals surface area contributed by atoms with Gasteiger partial charge in [-0.3, -0.25) is 4.90 Å². The third-order valence-electron chi connectivity index (χ3n) is 3.74. The Kier molecular flexibility index (Phi) is 6.63. The molecule has 1 aromatic heterocycles. The Hall–Kier alpha value is -0.680. The maximum absolute atomic E-state index is 3.64. The second-order valence-electron chi connectivity index (χ2n) is 6.32. The molecule has 1 aromatic carbocycles. The van der Waals surface area contributed by atoms with Gasteiger partial charge in [0.1, 0.15) is 0 Å². The minimum absolute atomic E-state index is 1.02. The molecule has 0 aliphatic carbocycles. The van der Waals surface area contributed by atoms with Gasteiger partial charge in [0.05, 0.1) is 24.4 Å². The maximum Gasteiger partial charge on any atom is 0.0896 e. The fourth-order valence-electron chi connectivity index (χ4n) is 2.37. The lowest BCUT2D eigenvalue weighted by Gasteiger charge is -2.22. The summed E-state index contributed by atoms with van der Waals surface area (Å²) >= 11 is 5.50. The predicted molar refractivity (Wildman–Crippen MR) is 99.7 cm³/mol. The van der Waals surface area contributed by atoms with Gasteiger partial charge in [0.2, 0.25) is 0 Å². The van der Waals surface area contributed by atoms with E-state index in [4.69, 9.17) is 0 Å². The number of rotatable bonds is 7. The van der Waals surface area contributed by atoms with Crippen LogP contribution in [0.3, 0.4) is 0 Å². The second kappa shape index (κ2) is 8.25. The SMILES string of the molecule is Cc1ccc(CN(CC[NH+](C)C)Cc2cc(C)c(Br)s2)cc1. The third kappa shape index (κ3) is 5.51. The van der Waals surface area contributed by atoms with Gasteiger partial charge in [-0.15, -0.1) is 11.3 Å². The summed E-state index contributed by atoms with van der Waals surface area (Å²) in [6.45, 7) is 8.63. The van der Waals surface area contributed by atoms with Crippen molar-refractivity contribution in [3.63, 3.8) is 0 Å². The highest BCUT2D eigenvalue weighted by atomic mass is 79.9. The summed E-state index contributed by atoms with van der Waals surface area (Å²) in [5.74, 6) is 0. The molecule has 0 atom stereocenters. The highest BCUT2D eigenvalue weighted by molar-refractivity contribution is 9.11. The molecular weight excluding hydrogens is 356 g/mol. The van der Waals surface area contributed by atoms with Crippen molar-refractivity contribution < 1.29 is 4.90 Å². The summed E-state index contributed by atoms with van der Waals surface area (Å²) < 4.78 is 1.26. The molecule has 0 saturated heterocycles. The molecule has 4 heteroatoms. The number of nitrogens with one attached hydrogen (secondary N) is 1. The van der Waals surface area contributed by atoms with Crippen molar-refractivity contribution in [1.29, 1.82) is 0 Å². The van der Waals surface area contributed by atoms with Crippen LogP contribution in [0, 0.1) is 13.8 Å². The van der Waals surface area contributed by atoms with Gasteiger partial charge in [-0.25, -0.2) is 0 Å². The Morgan fingerprint density at radius 2 is 1.77 bits per heavy atom. The zero-order valence-electron chi connectivity index (χ0n) is 13.9. The standard InChI is InChI=1S/C18H25BrN2S/c1-14-5-7-16(8-6-14)12-21(10-9-20(3)4)13-17-11-15(2)18(19)22-17/h5-8,11H,9-10,12-13H2,1-4H3/p+1. The fourth-order valence-corrected chi connectivity index (χ4v) is 4.04. The number of hydrogen-bond donors (Lipinski definition) is 1. The number of hydrogen-bond acceptors (Lipinski definition) is 2. The van der Waals surface area contributed by atoms with Gasteiger partial charge in [-0.05, 0) is 47.0 Å². The van der Waals surface area contributed by atoms with Crippen LogP contribution in [-0.2, 0) is 13.1 Å². The van der Waals surface area contributed by atoms with E-state index in [9.17, 15) is 0 Å². The number of thiophene rings is 1. The average Bonchev–Trinajstić information content (AvgIpc) is 2.77. The second-order valence-corrected chi connectivity index (χ2v) is 8.78. The largest absolute Gasteiger partial charge is 0.339 e. The first-order chi connectivity index (χ1) is 10.4. The summed E-state index contributed by atoms with van der Waals surface area (Å²) in [5.41, 5.74) is 4.06. The molecule has 22 heavy (non-hydrogen) atoms. The van der Waals surface area contributed by atoms with E-state index >= 15 is 0 Å². The quantitative estimate of drug-likeness (QED) is 0.772. The van der Waals surface area contributed by atoms with E-state index in [-0.39, 0.29) is 0 Å². The van der Waals surface area contributed by atoms with Crippen molar-refractivity contribution in [3.8, 4) is 0 Å². The third-order valence-corrected chi connectivity index (χ3v) is 5.86. The normalized spacial score (nSPS) is 11.6. The first-order valence-corrected chi connectivity index (χ1v) is 9.36. The van der Waals surface area contributed by atoms with Crippen LogP contribution in [0.1, 0.15) is 21.6 Å². The number of quaternary nitrogens is 1. The van der Waals surface area contributed by atoms with Crippen LogP contribution in [-0.4, -0.2) is 32.1 Å². The molecule has 120 valence electrons. The molecule has 0 fully saturated rings. The van der Waals surface area contributed by atoms with Gasteiger partial charge in [0.25, 0.3) is 0 Å². The van der Waals surface area contributed by atoms with E-state index < -0.39 is 0 Å². The van der Waals surface area contributed by atoms with Crippen LogP contribution in [0.25, 0.3) is 0 Å². The predicted octanol–water partition coefficient (Wildman–Crippen LogP) is 3.27. The molecular formula is C18H26BrN2S+. The topological polar surface area (TPSA) is 7.68 Å². The summed E-state index contributed by atoms with van der Waals surface area (Å²) in [7, 11) is 4.44. The van der Waals surface area contributed by atoms with Crippen molar-refractivity contribution in [3.05, 3.63) is 55.7 Å². The minimum Gasteiger partial charge on any atom is -0.339 e. The van der Waals surface area contributed by atoms with Gasteiger partial charge >= 0.3 is 0 Å². The summed E-state index contributed by atoms with van der Waals surface area (Å²) in [6.07, 6.45) is 0. The van der Waals surface area contributed by atoms with Crippen LogP contribution in [0.2, 0.25) is 0 Å². The van der Waals surface area contributed by atoms with Crippen LogP contribution >= 0.6 is 27.3 Å². The van der Waals surface area contributed by atoms with E-state index in [1.165, 1.54) is 30.3 Å². The first kappa shape index (κ1) is 17.7. The van der Waals surface area contributed by atoms with Crippen molar-refractivity contribution in [2.45, 2.75) is 26.9 Å². The van der Waals surface area contributed by atoms with Gasteiger partial charge in [-0.1, -0.05) is 29.8 Å². The van der Waals surface area contributed by atoms with E-state index in [2.05, 4.69) is 79.1 Å². The van der Waals surface area contributed by atoms with E-state index in [1.54, 1.807) is 0 Å². The number of nitrogens with zero attached hydrogens (tertiary/aromatic N) is 1. The lowest BCUT2D eigenvalue weighted by Crippen LogP contribution is -3.06.